The minimum absolute atomic E-state index is 0.0806. The number of benzene rings is 1. The molecule has 0 aliphatic rings. The molecule has 0 saturated carbocycles. The lowest BCUT2D eigenvalue weighted by molar-refractivity contribution is 0.0592. The van der Waals surface area contributed by atoms with Crippen LogP contribution in [0.25, 0.3) is 0 Å². The molecule has 18 heavy (non-hydrogen) atoms. The van der Waals surface area contributed by atoms with Gasteiger partial charge in [-0.25, -0.2) is 9.78 Å². The molecule has 0 N–H and O–H groups in total. The third-order valence-electron chi connectivity index (χ3n) is 2.03. The van der Waals surface area contributed by atoms with Crippen molar-refractivity contribution in [3.8, 4) is 11.6 Å². The van der Waals surface area contributed by atoms with Crippen LogP contribution in [0.1, 0.15) is 10.5 Å². The van der Waals surface area contributed by atoms with E-state index in [4.69, 9.17) is 16.3 Å². The van der Waals surface area contributed by atoms with Crippen molar-refractivity contribution in [3.63, 3.8) is 0 Å². The van der Waals surface area contributed by atoms with Crippen molar-refractivity contribution in [2.24, 2.45) is 0 Å². The third kappa shape index (κ3) is 2.95. The molecule has 0 fully saturated rings. The Morgan fingerprint density at radius 1 is 1.33 bits per heavy atom. The molecule has 1 aromatic heterocycles. The third-order valence-corrected chi connectivity index (χ3v) is 2.26. The molecule has 0 aliphatic carbocycles. The van der Waals surface area contributed by atoms with Crippen LogP contribution < -0.4 is 4.74 Å². The second kappa shape index (κ2) is 5.46. The minimum Gasteiger partial charge on any atom is -0.464 e. The van der Waals surface area contributed by atoms with E-state index in [1.807, 2.05) is 0 Å². The summed E-state index contributed by atoms with van der Waals surface area (Å²) in [5.41, 5.74) is 0.0806. The fourth-order valence-corrected chi connectivity index (χ4v) is 1.43. The van der Waals surface area contributed by atoms with Crippen molar-refractivity contribution in [1.29, 1.82) is 0 Å². The molecule has 0 radical (unpaired) electrons. The number of esters is 1. The lowest BCUT2D eigenvalue weighted by Crippen LogP contribution is -2.05. The summed E-state index contributed by atoms with van der Waals surface area (Å²) >= 11 is 5.83. The molecule has 6 heteroatoms. The highest BCUT2D eigenvalue weighted by Crippen LogP contribution is 2.22. The zero-order valence-electron chi connectivity index (χ0n) is 9.46. The van der Waals surface area contributed by atoms with Gasteiger partial charge in [-0.15, -0.1) is 0 Å². The highest BCUT2D eigenvalue weighted by atomic mass is 35.5. The summed E-state index contributed by atoms with van der Waals surface area (Å²) in [4.78, 5) is 19.1. The number of carbonyl (C=O) groups is 1. The molecule has 1 heterocycles. The average Bonchev–Trinajstić information content (AvgIpc) is 2.38. The fraction of sp³-hybridized carbons (Fsp3) is 0.0833. The van der Waals surface area contributed by atoms with Crippen LogP contribution in [0.2, 0.25) is 5.02 Å². The van der Waals surface area contributed by atoms with Gasteiger partial charge in [0.25, 0.3) is 0 Å². The van der Waals surface area contributed by atoms with Crippen molar-refractivity contribution in [2.45, 2.75) is 0 Å². The van der Waals surface area contributed by atoms with E-state index in [1.54, 1.807) is 24.3 Å². The summed E-state index contributed by atoms with van der Waals surface area (Å²) in [5.74, 6) is 0.137. The molecule has 2 rings (SSSR count). The first-order chi connectivity index (χ1) is 8.69. The van der Waals surface area contributed by atoms with Gasteiger partial charge in [-0.05, 0) is 18.2 Å². The Bertz CT molecular complexity index is 575. The Balaban J connectivity index is 2.22. The van der Waals surface area contributed by atoms with Crippen LogP contribution in [0.5, 0.6) is 11.6 Å². The maximum Gasteiger partial charge on any atom is 0.358 e. The number of rotatable bonds is 3. The maximum atomic E-state index is 11.3. The Kier molecular flexibility index (Phi) is 3.74. The molecule has 0 bridgehead atoms. The van der Waals surface area contributed by atoms with E-state index >= 15 is 0 Å². The van der Waals surface area contributed by atoms with E-state index in [1.165, 1.54) is 19.5 Å². The van der Waals surface area contributed by atoms with E-state index in [9.17, 15) is 4.79 Å². The number of hydrogen-bond acceptors (Lipinski definition) is 5. The van der Waals surface area contributed by atoms with Gasteiger partial charge < -0.3 is 9.47 Å². The lowest BCUT2D eigenvalue weighted by Gasteiger charge is -2.05. The number of aromatic nitrogens is 2. The van der Waals surface area contributed by atoms with Crippen LogP contribution in [-0.2, 0) is 4.74 Å². The molecule has 0 unspecified atom stereocenters. The number of hydrogen-bond donors (Lipinski definition) is 0. The molecule has 1 aromatic carbocycles. The summed E-state index contributed by atoms with van der Waals surface area (Å²) in [5, 5.41) is 0.546. The standard InChI is InChI=1S/C12H9ClN2O3/c1-17-12(16)10-6-14-7-11(15-10)18-9-4-2-3-8(13)5-9/h2-7H,1H3. The van der Waals surface area contributed by atoms with Gasteiger partial charge >= 0.3 is 5.97 Å². The van der Waals surface area contributed by atoms with Gasteiger partial charge in [-0.3, -0.25) is 4.98 Å². The summed E-state index contributed by atoms with van der Waals surface area (Å²) in [7, 11) is 1.27. The largest absolute Gasteiger partial charge is 0.464 e. The van der Waals surface area contributed by atoms with E-state index < -0.39 is 5.97 Å². The highest BCUT2D eigenvalue weighted by Gasteiger charge is 2.09. The fourth-order valence-electron chi connectivity index (χ4n) is 1.25. The van der Waals surface area contributed by atoms with E-state index in [0.29, 0.717) is 10.8 Å². The Morgan fingerprint density at radius 2 is 2.17 bits per heavy atom. The second-order valence-corrected chi connectivity index (χ2v) is 3.73. The molecule has 0 spiro atoms. The molecule has 0 saturated heterocycles. The van der Waals surface area contributed by atoms with Gasteiger partial charge in [0.15, 0.2) is 5.69 Å². The molecule has 92 valence electrons. The van der Waals surface area contributed by atoms with Crippen LogP contribution in [0.15, 0.2) is 36.7 Å². The predicted octanol–water partition coefficient (Wildman–Crippen LogP) is 2.71. The number of ether oxygens (including phenoxy) is 2. The lowest BCUT2D eigenvalue weighted by atomic mass is 10.3. The van der Waals surface area contributed by atoms with Crippen LogP contribution in [0.3, 0.4) is 0 Å². The Hall–Kier alpha value is -2.14. The molecule has 0 aliphatic heterocycles. The van der Waals surface area contributed by atoms with Crippen molar-refractivity contribution in [2.75, 3.05) is 7.11 Å². The normalized spacial score (nSPS) is 9.89. The maximum absolute atomic E-state index is 11.3. The summed E-state index contributed by atoms with van der Waals surface area (Å²) in [6, 6.07) is 6.83. The Morgan fingerprint density at radius 3 is 2.89 bits per heavy atom. The van der Waals surface area contributed by atoms with Crippen LogP contribution in [0.4, 0.5) is 0 Å². The summed E-state index contributed by atoms with van der Waals surface area (Å²) < 4.78 is 9.97. The smallest absolute Gasteiger partial charge is 0.358 e. The number of methoxy groups -OCH3 is 1. The quantitative estimate of drug-likeness (QED) is 0.798. The first kappa shape index (κ1) is 12.3. The van der Waals surface area contributed by atoms with Crippen molar-refractivity contribution in [1.82, 2.24) is 9.97 Å². The van der Waals surface area contributed by atoms with E-state index in [-0.39, 0.29) is 11.6 Å². The van der Waals surface area contributed by atoms with Crippen molar-refractivity contribution in [3.05, 3.63) is 47.4 Å². The molecular formula is C12H9ClN2O3. The van der Waals surface area contributed by atoms with Gasteiger partial charge in [0.1, 0.15) is 5.75 Å². The summed E-state index contributed by atoms with van der Waals surface area (Å²) in [6.07, 6.45) is 2.70. The topological polar surface area (TPSA) is 61.3 Å². The second-order valence-electron chi connectivity index (χ2n) is 3.29. The number of carbonyl (C=O) groups excluding carboxylic acids is 1. The zero-order chi connectivity index (χ0) is 13.0. The minimum atomic E-state index is -0.570. The first-order valence-electron chi connectivity index (χ1n) is 5.03. The van der Waals surface area contributed by atoms with Gasteiger partial charge in [-0.2, -0.15) is 0 Å². The number of nitrogens with zero attached hydrogens (tertiary/aromatic N) is 2. The van der Waals surface area contributed by atoms with Crippen molar-refractivity contribution >= 4 is 17.6 Å². The highest BCUT2D eigenvalue weighted by molar-refractivity contribution is 6.30. The van der Waals surface area contributed by atoms with Gasteiger partial charge in [0.2, 0.25) is 5.88 Å². The Labute approximate surface area is 108 Å². The monoisotopic (exact) mass is 264 g/mol. The molecular weight excluding hydrogens is 256 g/mol. The molecule has 2 aromatic rings. The van der Waals surface area contributed by atoms with Gasteiger partial charge in [0, 0.05) is 5.02 Å². The zero-order valence-corrected chi connectivity index (χ0v) is 10.2. The molecule has 5 nitrogen and oxygen atoms in total. The van der Waals surface area contributed by atoms with Crippen LogP contribution in [0, 0.1) is 0 Å². The SMILES string of the molecule is COC(=O)c1cncc(Oc2cccc(Cl)c2)n1. The van der Waals surface area contributed by atoms with E-state index in [0.717, 1.165) is 0 Å². The average molecular weight is 265 g/mol. The molecule has 0 amide bonds. The van der Waals surface area contributed by atoms with Crippen LogP contribution in [-0.4, -0.2) is 23.0 Å². The van der Waals surface area contributed by atoms with Crippen molar-refractivity contribution < 1.29 is 14.3 Å². The van der Waals surface area contributed by atoms with E-state index in [2.05, 4.69) is 14.7 Å². The van der Waals surface area contributed by atoms with Gasteiger partial charge in [0.05, 0.1) is 19.5 Å². The predicted molar refractivity (Wildman–Crippen MR) is 64.9 cm³/mol. The van der Waals surface area contributed by atoms with Crippen LogP contribution >= 0.6 is 11.6 Å². The van der Waals surface area contributed by atoms with Gasteiger partial charge in [-0.1, -0.05) is 17.7 Å². The number of halogens is 1. The molecule has 0 atom stereocenters. The summed E-state index contributed by atoms with van der Waals surface area (Å²) in [6.45, 7) is 0. The first-order valence-corrected chi connectivity index (χ1v) is 5.40.